The van der Waals surface area contributed by atoms with Crippen LogP contribution in [0, 0.1) is 11.7 Å². The normalized spacial score (nSPS) is 23.0. The first-order valence-electron chi connectivity index (χ1n) is 10.8. The highest BCUT2D eigenvalue weighted by Gasteiger charge is 2.36. The number of likely N-dealkylation sites (tertiary alicyclic amines) is 2. The summed E-state index contributed by atoms with van der Waals surface area (Å²) >= 11 is 0. The number of hydrogen-bond donors (Lipinski definition) is 0. The molecule has 5 nitrogen and oxygen atoms in total. The maximum Gasteiger partial charge on any atom is 0.410 e. The molecule has 0 spiro atoms. The zero-order valence-electron chi connectivity index (χ0n) is 17.8. The van der Waals surface area contributed by atoms with Crippen LogP contribution in [0.15, 0.2) is 24.3 Å². The molecule has 0 aliphatic carbocycles. The van der Waals surface area contributed by atoms with E-state index in [1.165, 1.54) is 12.1 Å². The second kappa shape index (κ2) is 9.14. The van der Waals surface area contributed by atoms with E-state index in [0.29, 0.717) is 13.1 Å². The van der Waals surface area contributed by atoms with E-state index in [4.69, 9.17) is 4.74 Å². The maximum atomic E-state index is 13.3. The number of benzene rings is 1. The summed E-state index contributed by atoms with van der Waals surface area (Å²) in [6.07, 6.45) is 5.10. The molecule has 0 radical (unpaired) electrons. The Morgan fingerprint density at radius 1 is 1.07 bits per heavy atom. The number of piperidine rings is 2. The number of nitrogens with zero attached hydrogens (tertiary/aromatic N) is 2. The van der Waals surface area contributed by atoms with E-state index in [-0.39, 0.29) is 29.8 Å². The Morgan fingerprint density at radius 2 is 1.79 bits per heavy atom. The zero-order valence-corrected chi connectivity index (χ0v) is 17.8. The van der Waals surface area contributed by atoms with Crippen molar-refractivity contribution in [1.82, 2.24) is 9.80 Å². The maximum absolute atomic E-state index is 13.3. The number of halogens is 1. The second-order valence-corrected chi connectivity index (χ2v) is 9.28. The van der Waals surface area contributed by atoms with Crippen molar-refractivity contribution in [2.45, 2.75) is 70.9 Å². The average molecular weight is 405 g/mol. The third kappa shape index (κ3) is 5.94. The van der Waals surface area contributed by atoms with Gasteiger partial charge in [0.2, 0.25) is 5.91 Å². The molecule has 0 N–H and O–H groups in total. The van der Waals surface area contributed by atoms with Crippen molar-refractivity contribution in [3.63, 3.8) is 0 Å². The summed E-state index contributed by atoms with van der Waals surface area (Å²) in [5.74, 6) is -0.273. The Hall–Kier alpha value is -2.11. The number of carbonyl (C=O) groups is 2. The van der Waals surface area contributed by atoms with Gasteiger partial charge in [0.15, 0.2) is 0 Å². The molecule has 0 bridgehead atoms. The van der Waals surface area contributed by atoms with Crippen molar-refractivity contribution in [2.75, 3.05) is 19.6 Å². The lowest BCUT2D eigenvalue weighted by Crippen LogP contribution is -2.52. The topological polar surface area (TPSA) is 49.9 Å². The summed E-state index contributed by atoms with van der Waals surface area (Å²) in [5.41, 5.74) is 0.511. The van der Waals surface area contributed by atoms with Crippen molar-refractivity contribution in [3.05, 3.63) is 35.6 Å². The Balaban J connectivity index is 1.64. The smallest absolute Gasteiger partial charge is 0.410 e. The molecule has 2 amide bonds. The summed E-state index contributed by atoms with van der Waals surface area (Å²) in [6.45, 7) is 7.38. The SMILES string of the molecule is CC(C)(C)OC(=O)N1CCC[C@H](C(=O)N2CCCCC2Cc2ccc(F)cc2)C1. The van der Waals surface area contributed by atoms with Crippen LogP contribution in [0.2, 0.25) is 0 Å². The quantitative estimate of drug-likeness (QED) is 0.750. The minimum absolute atomic E-state index is 0.138. The van der Waals surface area contributed by atoms with Crippen LogP contribution in [0.4, 0.5) is 9.18 Å². The predicted molar refractivity (Wildman–Crippen MR) is 110 cm³/mol. The lowest BCUT2D eigenvalue weighted by Gasteiger charge is -2.40. The molecule has 2 atom stereocenters. The summed E-state index contributed by atoms with van der Waals surface area (Å²) < 4.78 is 18.7. The van der Waals surface area contributed by atoms with E-state index in [1.54, 1.807) is 17.0 Å². The van der Waals surface area contributed by atoms with Gasteiger partial charge >= 0.3 is 6.09 Å². The molecule has 160 valence electrons. The van der Waals surface area contributed by atoms with E-state index in [0.717, 1.165) is 50.6 Å². The standard InChI is InChI=1S/C23H33FN2O3/c1-23(2,3)29-22(28)25-13-6-7-18(16-25)21(27)26-14-5-4-8-20(26)15-17-9-11-19(24)12-10-17/h9-12,18,20H,4-8,13-16H2,1-3H3/t18-,20?/m0/s1. The average Bonchev–Trinajstić information content (AvgIpc) is 2.68. The fourth-order valence-electron chi connectivity index (χ4n) is 4.30. The van der Waals surface area contributed by atoms with Gasteiger partial charge in [-0.05, 0) is 77.0 Å². The molecule has 0 saturated carbocycles. The van der Waals surface area contributed by atoms with Crippen LogP contribution in [-0.4, -0.2) is 53.1 Å². The monoisotopic (exact) mass is 404 g/mol. The van der Waals surface area contributed by atoms with Crippen LogP contribution >= 0.6 is 0 Å². The molecule has 2 heterocycles. The van der Waals surface area contributed by atoms with Crippen LogP contribution in [0.1, 0.15) is 58.4 Å². The van der Waals surface area contributed by atoms with Crippen LogP contribution in [-0.2, 0) is 16.0 Å². The van der Waals surface area contributed by atoms with Crippen LogP contribution in [0.25, 0.3) is 0 Å². The van der Waals surface area contributed by atoms with Crippen molar-refractivity contribution >= 4 is 12.0 Å². The number of hydrogen-bond acceptors (Lipinski definition) is 3. The highest BCUT2D eigenvalue weighted by Crippen LogP contribution is 2.27. The molecule has 3 rings (SSSR count). The van der Waals surface area contributed by atoms with Gasteiger partial charge in [-0.2, -0.15) is 0 Å². The number of ether oxygens (including phenoxy) is 1. The summed E-state index contributed by atoms with van der Waals surface area (Å²) in [5, 5.41) is 0. The number of amides is 2. The summed E-state index contributed by atoms with van der Waals surface area (Å²) in [6, 6.07) is 6.70. The van der Waals surface area contributed by atoms with Gasteiger partial charge in [-0.15, -0.1) is 0 Å². The Morgan fingerprint density at radius 3 is 2.48 bits per heavy atom. The van der Waals surface area contributed by atoms with Crippen molar-refractivity contribution < 1.29 is 18.7 Å². The van der Waals surface area contributed by atoms with Gasteiger partial charge in [-0.3, -0.25) is 4.79 Å². The van der Waals surface area contributed by atoms with Gasteiger partial charge in [0.1, 0.15) is 11.4 Å². The lowest BCUT2D eigenvalue weighted by atomic mass is 9.91. The second-order valence-electron chi connectivity index (χ2n) is 9.28. The van der Waals surface area contributed by atoms with Crippen molar-refractivity contribution in [2.24, 2.45) is 5.92 Å². The predicted octanol–water partition coefficient (Wildman–Crippen LogP) is 4.40. The van der Waals surface area contributed by atoms with Gasteiger partial charge in [0.05, 0.1) is 5.92 Å². The van der Waals surface area contributed by atoms with E-state index < -0.39 is 5.60 Å². The summed E-state index contributed by atoms with van der Waals surface area (Å²) in [4.78, 5) is 29.5. The molecule has 2 aliphatic rings. The third-order valence-corrected chi connectivity index (χ3v) is 5.72. The number of carbonyl (C=O) groups excluding carboxylic acids is 2. The lowest BCUT2D eigenvalue weighted by molar-refractivity contribution is -0.140. The fourth-order valence-corrected chi connectivity index (χ4v) is 4.30. The molecule has 29 heavy (non-hydrogen) atoms. The highest BCUT2D eigenvalue weighted by molar-refractivity contribution is 5.80. The minimum Gasteiger partial charge on any atom is -0.444 e. The molecule has 2 saturated heterocycles. The van der Waals surface area contributed by atoms with Crippen LogP contribution in [0.3, 0.4) is 0 Å². The van der Waals surface area contributed by atoms with Gasteiger partial charge in [0, 0.05) is 25.7 Å². The Bertz CT molecular complexity index is 714. The first-order chi connectivity index (χ1) is 13.7. The van der Waals surface area contributed by atoms with E-state index in [1.807, 2.05) is 25.7 Å². The third-order valence-electron chi connectivity index (χ3n) is 5.72. The minimum atomic E-state index is -0.541. The molecule has 2 fully saturated rings. The molecule has 2 aliphatic heterocycles. The van der Waals surface area contributed by atoms with E-state index >= 15 is 0 Å². The van der Waals surface area contributed by atoms with Crippen molar-refractivity contribution in [3.8, 4) is 0 Å². The van der Waals surface area contributed by atoms with E-state index in [9.17, 15) is 14.0 Å². The molecule has 1 aromatic carbocycles. The molecular formula is C23H33FN2O3. The molecular weight excluding hydrogens is 371 g/mol. The first-order valence-corrected chi connectivity index (χ1v) is 10.8. The van der Waals surface area contributed by atoms with Crippen LogP contribution < -0.4 is 0 Å². The first kappa shape index (κ1) is 21.6. The number of rotatable bonds is 3. The van der Waals surface area contributed by atoms with Gasteiger partial charge in [-0.25, -0.2) is 9.18 Å². The van der Waals surface area contributed by atoms with Gasteiger partial charge < -0.3 is 14.5 Å². The van der Waals surface area contributed by atoms with Crippen LogP contribution in [0.5, 0.6) is 0 Å². The Labute approximate surface area is 173 Å². The molecule has 0 aromatic heterocycles. The summed E-state index contributed by atoms with van der Waals surface area (Å²) in [7, 11) is 0. The van der Waals surface area contributed by atoms with Crippen molar-refractivity contribution in [1.29, 1.82) is 0 Å². The van der Waals surface area contributed by atoms with Gasteiger partial charge in [0.25, 0.3) is 0 Å². The molecule has 1 unspecified atom stereocenters. The Kier molecular flexibility index (Phi) is 6.81. The fraction of sp³-hybridized carbons (Fsp3) is 0.652. The largest absolute Gasteiger partial charge is 0.444 e. The molecule has 6 heteroatoms. The van der Waals surface area contributed by atoms with Gasteiger partial charge in [-0.1, -0.05) is 12.1 Å². The van der Waals surface area contributed by atoms with E-state index in [2.05, 4.69) is 0 Å². The molecule has 1 aromatic rings. The highest BCUT2D eigenvalue weighted by atomic mass is 19.1. The zero-order chi connectivity index (χ0) is 21.0.